The number of hydrogen-bond donors (Lipinski definition) is 1. The van der Waals surface area contributed by atoms with Crippen molar-refractivity contribution in [2.75, 3.05) is 19.7 Å². The van der Waals surface area contributed by atoms with Gasteiger partial charge in [0.05, 0.1) is 13.2 Å². The number of esters is 1. The number of nitrogens with one attached hydrogen (secondary N) is 1. The van der Waals surface area contributed by atoms with Gasteiger partial charge in [-0.25, -0.2) is 0 Å². The molecule has 0 heterocycles. The van der Waals surface area contributed by atoms with Crippen LogP contribution in [0.3, 0.4) is 0 Å². The van der Waals surface area contributed by atoms with Crippen molar-refractivity contribution in [2.45, 2.75) is 46.0 Å². The van der Waals surface area contributed by atoms with E-state index >= 15 is 0 Å². The van der Waals surface area contributed by atoms with E-state index in [0.717, 1.165) is 18.4 Å². The Kier molecular flexibility index (Phi) is 6.46. The third-order valence-electron chi connectivity index (χ3n) is 3.35. The molecule has 1 saturated carbocycles. The van der Waals surface area contributed by atoms with Gasteiger partial charge in [0, 0.05) is 0 Å². The molecule has 1 fully saturated rings. The minimum Gasteiger partial charge on any atom is -0.465 e. The molecule has 2 unspecified atom stereocenters. The fourth-order valence-corrected chi connectivity index (χ4v) is 2.53. The van der Waals surface area contributed by atoms with Gasteiger partial charge in [-0.2, -0.15) is 0 Å². The van der Waals surface area contributed by atoms with Crippen LogP contribution in [0.5, 0.6) is 0 Å². The Labute approximate surface area is 98.9 Å². The molecule has 0 aliphatic heterocycles. The number of carbonyl (C=O) groups is 1. The normalized spacial score (nSPS) is 25.4. The summed E-state index contributed by atoms with van der Waals surface area (Å²) in [5, 5.41) is 3.16. The van der Waals surface area contributed by atoms with Gasteiger partial charge in [0.2, 0.25) is 0 Å². The number of ether oxygens (including phenoxy) is 1. The van der Waals surface area contributed by atoms with Crippen LogP contribution in [-0.2, 0) is 9.53 Å². The molecule has 0 amide bonds. The molecule has 94 valence electrons. The molecule has 1 aliphatic carbocycles. The first-order chi connectivity index (χ1) is 7.72. The SMILES string of the molecule is CCOC(=O)CNCCC1CCCC(C)C1. The lowest BCUT2D eigenvalue weighted by atomic mass is 9.81. The third kappa shape index (κ3) is 5.50. The predicted octanol–water partition coefficient (Wildman–Crippen LogP) is 2.36. The van der Waals surface area contributed by atoms with Gasteiger partial charge in [0.15, 0.2) is 0 Å². The maximum absolute atomic E-state index is 11.1. The highest BCUT2D eigenvalue weighted by molar-refractivity contribution is 5.71. The van der Waals surface area contributed by atoms with Crippen LogP contribution in [0.1, 0.15) is 46.0 Å². The Morgan fingerprint density at radius 2 is 2.25 bits per heavy atom. The zero-order valence-electron chi connectivity index (χ0n) is 10.6. The second kappa shape index (κ2) is 7.66. The Bertz CT molecular complexity index is 206. The largest absolute Gasteiger partial charge is 0.465 e. The van der Waals surface area contributed by atoms with Crippen molar-refractivity contribution in [3.05, 3.63) is 0 Å². The summed E-state index contributed by atoms with van der Waals surface area (Å²) in [7, 11) is 0. The molecule has 16 heavy (non-hydrogen) atoms. The van der Waals surface area contributed by atoms with Crippen LogP contribution in [0.2, 0.25) is 0 Å². The van der Waals surface area contributed by atoms with Crippen LogP contribution >= 0.6 is 0 Å². The number of rotatable bonds is 6. The van der Waals surface area contributed by atoms with Gasteiger partial charge in [-0.1, -0.05) is 26.2 Å². The van der Waals surface area contributed by atoms with Crippen LogP contribution in [0.15, 0.2) is 0 Å². The number of hydrogen-bond acceptors (Lipinski definition) is 3. The lowest BCUT2D eigenvalue weighted by molar-refractivity contribution is -0.142. The predicted molar refractivity (Wildman–Crippen MR) is 65.2 cm³/mol. The monoisotopic (exact) mass is 227 g/mol. The minimum atomic E-state index is -0.139. The first kappa shape index (κ1) is 13.5. The van der Waals surface area contributed by atoms with Crippen molar-refractivity contribution >= 4 is 5.97 Å². The van der Waals surface area contributed by atoms with Crippen molar-refractivity contribution < 1.29 is 9.53 Å². The molecule has 1 aliphatic rings. The molecule has 1 rings (SSSR count). The average molecular weight is 227 g/mol. The maximum Gasteiger partial charge on any atom is 0.319 e. The first-order valence-corrected chi connectivity index (χ1v) is 6.58. The fourth-order valence-electron chi connectivity index (χ4n) is 2.53. The molecule has 0 spiro atoms. The Balaban J connectivity index is 2.00. The van der Waals surface area contributed by atoms with E-state index in [1.165, 1.54) is 32.1 Å². The van der Waals surface area contributed by atoms with Crippen LogP contribution in [0.25, 0.3) is 0 Å². The number of carbonyl (C=O) groups excluding carboxylic acids is 1. The second-order valence-corrected chi connectivity index (χ2v) is 4.91. The maximum atomic E-state index is 11.1. The summed E-state index contributed by atoms with van der Waals surface area (Å²) in [6, 6.07) is 0. The lowest BCUT2D eigenvalue weighted by Gasteiger charge is -2.26. The Hall–Kier alpha value is -0.570. The summed E-state index contributed by atoms with van der Waals surface area (Å²) in [6.45, 7) is 5.95. The summed E-state index contributed by atoms with van der Waals surface area (Å²) < 4.78 is 4.85. The second-order valence-electron chi connectivity index (χ2n) is 4.91. The summed E-state index contributed by atoms with van der Waals surface area (Å²) in [5.41, 5.74) is 0. The third-order valence-corrected chi connectivity index (χ3v) is 3.35. The summed E-state index contributed by atoms with van der Waals surface area (Å²) in [4.78, 5) is 11.1. The van der Waals surface area contributed by atoms with Crippen molar-refractivity contribution in [3.8, 4) is 0 Å². The van der Waals surface area contributed by atoms with E-state index in [0.29, 0.717) is 13.2 Å². The zero-order chi connectivity index (χ0) is 11.8. The van der Waals surface area contributed by atoms with Gasteiger partial charge >= 0.3 is 5.97 Å². The van der Waals surface area contributed by atoms with Gasteiger partial charge in [-0.05, 0) is 38.1 Å². The lowest BCUT2D eigenvalue weighted by Crippen LogP contribution is -2.27. The first-order valence-electron chi connectivity index (χ1n) is 6.58. The highest BCUT2D eigenvalue weighted by Gasteiger charge is 2.18. The van der Waals surface area contributed by atoms with E-state index < -0.39 is 0 Å². The smallest absolute Gasteiger partial charge is 0.319 e. The van der Waals surface area contributed by atoms with E-state index in [4.69, 9.17) is 4.74 Å². The quantitative estimate of drug-likeness (QED) is 0.559. The fraction of sp³-hybridized carbons (Fsp3) is 0.923. The Morgan fingerprint density at radius 1 is 1.44 bits per heavy atom. The van der Waals surface area contributed by atoms with Gasteiger partial charge in [0.25, 0.3) is 0 Å². The van der Waals surface area contributed by atoms with Crippen LogP contribution in [-0.4, -0.2) is 25.7 Å². The molecule has 0 aromatic heterocycles. The molecular formula is C13H25NO2. The molecular weight excluding hydrogens is 202 g/mol. The Morgan fingerprint density at radius 3 is 2.94 bits per heavy atom. The molecule has 0 aromatic rings. The average Bonchev–Trinajstić information content (AvgIpc) is 2.25. The molecule has 1 N–H and O–H groups in total. The molecule has 0 saturated heterocycles. The van der Waals surface area contributed by atoms with E-state index in [9.17, 15) is 4.79 Å². The topological polar surface area (TPSA) is 38.3 Å². The standard InChI is InChI=1S/C13H25NO2/c1-3-16-13(15)10-14-8-7-12-6-4-5-11(2)9-12/h11-12,14H,3-10H2,1-2H3. The van der Waals surface area contributed by atoms with Crippen molar-refractivity contribution in [1.29, 1.82) is 0 Å². The van der Waals surface area contributed by atoms with Gasteiger partial charge < -0.3 is 10.1 Å². The zero-order valence-corrected chi connectivity index (χ0v) is 10.6. The van der Waals surface area contributed by atoms with Gasteiger partial charge in [-0.15, -0.1) is 0 Å². The summed E-state index contributed by atoms with van der Waals surface area (Å²) in [6.07, 6.45) is 6.70. The highest BCUT2D eigenvalue weighted by Crippen LogP contribution is 2.30. The molecule has 2 atom stereocenters. The van der Waals surface area contributed by atoms with Crippen LogP contribution < -0.4 is 5.32 Å². The van der Waals surface area contributed by atoms with Gasteiger partial charge in [-0.3, -0.25) is 4.79 Å². The van der Waals surface area contributed by atoms with E-state index in [1.807, 2.05) is 6.92 Å². The summed E-state index contributed by atoms with van der Waals surface area (Å²) >= 11 is 0. The van der Waals surface area contributed by atoms with E-state index in [2.05, 4.69) is 12.2 Å². The van der Waals surface area contributed by atoms with Crippen molar-refractivity contribution in [3.63, 3.8) is 0 Å². The van der Waals surface area contributed by atoms with Crippen molar-refractivity contribution in [1.82, 2.24) is 5.32 Å². The molecule has 3 nitrogen and oxygen atoms in total. The van der Waals surface area contributed by atoms with Crippen LogP contribution in [0, 0.1) is 11.8 Å². The molecule has 0 aromatic carbocycles. The molecule has 0 bridgehead atoms. The van der Waals surface area contributed by atoms with E-state index in [-0.39, 0.29) is 5.97 Å². The highest BCUT2D eigenvalue weighted by atomic mass is 16.5. The minimum absolute atomic E-state index is 0.139. The summed E-state index contributed by atoms with van der Waals surface area (Å²) in [5.74, 6) is 1.61. The van der Waals surface area contributed by atoms with Gasteiger partial charge in [0.1, 0.15) is 0 Å². The molecule has 3 heteroatoms. The molecule has 0 radical (unpaired) electrons. The van der Waals surface area contributed by atoms with Crippen LogP contribution in [0.4, 0.5) is 0 Å². The van der Waals surface area contributed by atoms with E-state index in [1.54, 1.807) is 0 Å². The van der Waals surface area contributed by atoms with Crippen molar-refractivity contribution in [2.24, 2.45) is 11.8 Å².